The molecule has 0 saturated carbocycles. The van der Waals surface area contributed by atoms with Crippen LogP contribution >= 0.6 is 0 Å². The molecule has 0 spiro atoms. The van der Waals surface area contributed by atoms with Crippen LogP contribution in [0.5, 0.6) is 5.75 Å². The van der Waals surface area contributed by atoms with Crippen molar-refractivity contribution >= 4 is 10.8 Å². The second-order valence-corrected chi connectivity index (χ2v) is 8.15. The van der Waals surface area contributed by atoms with Crippen molar-refractivity contribution in [1.82, 2.24) is 0 Å². The summed E-state index contributed by atoms with van der Waals surface area (Å²) in [6.45, 7) is 1.80. The van der Waals surface area contributed by atoms with Crippen LogP contribution in [-0.4, -0.2) is 18.4 Å². The zero-order valence-electron chi connectivity index (χ0n) is 17.7. The Morgan fingerprint density at radius 3 is 2.47 bits per heavy atom. The summed E-state index contributed by atoms with van der Waals surface area (Å²) in [4.78, 5) is 0. The van der Waals surface area contributed by atoms with Gasteiger partial charge >= 0.3 is 0 Å². The predicted octanol–water partition coefficient (Wildman–Crippen LogP) is 5.64. The van der Waals surface area contributed by atoms with Crippen LogP contribution < -0.4 is 9.47 Å². The van der Waals surface area contributed by atoms with Gasteiger partial charge < -0.3 is 9.47 Å². The summed E-state index contributed by atoms with van der Waals surface area (Å²) in [6.07, 6.45) is 3.40. The van der Waals surface area contributed by atoms with Gasteiger partial charge in [0.05, 0.1) is 16.9 Å². The number of pyridine rings is 1. The van der Waals surface area contributed by atoms with Crippen LogP contribution in [0.4, 0.5) is 4.39 Å². The predicted molar refractivity (Wildman–Crippen MR) is 120 cm³/mol. The van der Waals surface area contributed by atoms with Gasteiger partial charge in [0.25, 0.3) is 0 Å². The summed E-state index contributed by atoms with van der Waals surface area (Å²) >= 11 is 0. The molecule has 5 heteroatoms. The normalized spacial score (nSPS) is 14.5. The van der Waals surface area contributed by atoms with E-state index in [1.807, 2.05) is 48.5 Å². The van der Waals surface area contributed by atoms with E-state index in [4.69, 9.17) is 9.47 Å². The molecule has 1 aliphatic rings. The molecule has 0 aliphatic carbocycles. The molecule has 32 heavy (non-hydrogen) atoms. The molecule has 0 unspecified atom stereocenters. The maximum Gasteiger partial charge on any atom is 0.245 e. The van der Waals surface area contributed by atoms with Crippen molar-refractivity contribution in [2.75, 3.05) is 13.2 Å². The molecule has 4 aromatic rings. The number of rotatable bonds is 5. The van der Waals surface area contributed by atoms with E-state index in [2.05, 4.69) is 0 Å². The molecule has 5 rings (SSSR count). The first-order valence-corrected chi connectivity index (χ1v) is 10.9. The molecule has 1 aromatic heterocycles. The molecule has 1 fully saturated rings. The number of aromatic nitrogens is 1. The van der Waals surface area contributed by atoms with Crippen LogP contribution in [0, 0.1) is 5.82 Å². The number of ether oxygens (including phenoxy) is 2. The van der Waals surface area contributed by atoms with E-state index < -0.39 is 0 Å². The minimum atomic E-state index is -0.282. The summed E-state index contributed by atoms with van der Waals surface area (Å²) in [5, 5.41) is 12.9. The number of benzene rings is 3. The van der Waals surface area contributed by atoms with Crippen molar-refractivity contribution in [2.45, 2.75) is 25.4 Å². The summed E-state index contributed by atoms with van der Waals surface area (Å²) in [6, 6.07) is 22.4. The molecule has 1 aliphatic heterocycles. The van der Waals surface area contributed by atoms with Crippen molar-refractivity contribution in [3.8, 4) is 16.9 Å². The van der Waals surface area contributed by atoms with E-state index in [0.717, 1.165) is 51.7 Å². The van der Waals surface area contributed by atoms with Gasteiger partial charge in [-0.05, 0) is 54.3 Å². The molecular weight excluding hydrogens is 405 g/mol. The Balaban J connectivity index is 1.59. The number of hydrogen-bond acceptors (Lipinski definition) is 3. The first kappa shape index (κ1) is 20.5. The van der Waals surface area contributed by atoms with Crippen molar-refractivity contribution in [3.05, 3.63) is 96.1 Å². The fourth-order valence-electron chi connectivity index (χ4n) is 4.44. The first-order chi connectivity index (χ1) is 15.7. The molecular formula is C27H25FNO3+. The monoisotopic (exact) mass is 430 g/mol. The molecule has 0 amide bonds. The van der Waals surface area contributed by atoms with E-state index >= 15 is 0 Å². The Morgan fingerprint density at radius 2 is 1.72 bits per heavy atom. The van der Waals surface area contributed by atoms with Gasteiger partial charge in [-0.25, -0.2) is 4.39 Å². The zero-order valence-corrected chi connectivity index (χ0v) is 17.7. The van der Waals surface area contributed by atoms with E-state index in [-0.39, 0.29) is 11.7 Å². The van der Waals surface area contributed by atoms with Gasteiger partial charge in [0.2, 0.25) is 11.9 Å². The zero-order chi connectivity index (χ0) is 21.9. The van der Waals surface area contributed by atoms with Crippen LogP contribution in [0.3, 0.4) is 0 Å². The average molecular weight is 430 g/mol. The quantitative estimate of drug-likeness (QED) is 0.329. The Hall–Kier alpha value is -3.44. The van der Waals surface area contributed by atoms with E-state index in [1.54, 1.807) is 18.3 Å². The lowest BCUT2D eigenvalue weighted by Gasteiger charge is -2.21. The Labute approximate surface area is 186 Å². The molecule has 0 bridgehead atoms. The van der Waals surface area contributed by atoms with Crippen LogP contribution in [0.1, 0.15) is 30.0 Å². The lowest BCUT2D eigenvalue weighted by molar-refractivity contribution is -0.909. The second-order valence-electron chi connectivity index (χ2n) is 8.15. The summed E-state index contributed by atoms with van der Waals surface area (Å²) in [7, 11) is 0. The lowest BCUT2D eigenvalue weighted by atomic mass is 9.87. The molecule has 0 atom stereocenters. The molecule has 3 aromatic carbocycles. The van der Waals surface area contributed by atoms with Crippen LogP contribution in [-0.2, 0) is 11.3 Å². The topological polar surface area (TPSA) is 42.6 Å². The molecule has 0 radical (unpaired) electrons. The van der Waals surface area contributed by atoms with Crippen LogP contribution in [0.15, 0.2) is 79.0 Å². The van der Waals surface area contributed by atoms with Crippen LogP contribution in [0.25, 0.3) is 21.9 Å². The summed E-state index contributed by atoms with van der Waals surface area (Å²) in [5.74, 6) is 0.604. The maximum atomic E-state index is 13.6. The standard InChI is InChI=1S/C27H25FNO3/c28-23-8-6-20(7-9-23)26-25-11-10-24(32-18-19-4-2-1-3-5-19)16-22(25)17-29(30)27(26)21-12-14-31-15-13-21/h1-11,16-17,21,30H,12-15,18H2/q+1. The Bertz CT molecular complexity index is 1220. The van der Waals surface area contributed by atoms with E-state index in [9.17, 15) is 9.60 Å². The van der Waals surface area contributed by atoms with Gasteiger partial charge in [0, 0.05) is 23.3 Å². The van der Waals surface area contributed by atoms with E-state index in [0.29, 0.717) is 19.8 Å². The van der Waals surface area contributed by atoms with Crippen molar-refractivity contribution in [3.63, 3.8) is 0 Å². The smallest absolute Gasteiger partial charge is 0.245 e. The van der Waals surface area contributed by atoms with Gasteiger partial charge in [-0.15, -0.1) is 0 Å². The van der Waals surface area contributed by atoms with Crippen molar-refractivity contribution < 1.29 is 23.8 Å². The average Bonchev–Trinajstić information content (AvgIpc) is 2.83. The van der Waals surface area contributed by atoms with E-state index in [1.165, 1.54) is 16.9 Å². The third-order valence-electron chi connectivity index (χ3n) is 6.05. The van der Waals surface area contributed by atoms with Gasteiger partial charge in [-0.3, -0.25) is 5.21 Å². The number of hydrogen-bond donors (Lipinski definition) is 1. The third kappa shape index (κ3) is 4.16. The Morgan fingerprint density at radius 1 is 0.969 bits per heavy atom. The number of fused-ring (bicyclic) bond motifs is 1. The first-order valence-electron chi connectivity index (χ1n) is 10.9. The van der Waals surface area contributed by atoms with Crippen LogP contribution in [0.2, 0.25) is 0 Å². The van der Waals surface area contributed by atoms with Gasteiger partial charge in [0.15, 0.2) is 0 Å². The van der Waals surface area contributed by atoms with Gasteiger partial charge in [-0.2, -0.15) is 0 Å². The third-order valence-corrected chi connectivity index (χ3v) is 6.05. The highest BCUT2D eigenvalue weighted by Crippen LogP contribution is 2.38. The molecule has 162 valence electrons. The van der Waals surface area contributed by atoms with Gasteiger partial charge in [-0.1, -0.05) is 42.5 Å². The highest BCUT2D eigenvalue weighted by molar-refractivity contribution is 5.97. The molecule has 1 N–H and O–H groups in total. The minimum Gasteiger partial charge on any atom is -0.489 e. The van der Waals surface area contributed by atoms with Crippen molar-refractivity contribution in [2.24, 2.45) is 0 Å². The number of nitrogens with zero attached hydrogens (tertiary/aromatic N) is 1. The SMILES string of the molecule is O[n+]1cc2cc(OCc3ccccc3)ccc2c(-c2ccc(F)cc2)c1C1CCOCC1. The maximum absolute atomic E-state index is 13.6. The van der Waals surface area contributed by atoms with Crippen molar-refractivity contribution in [1.29, 1.82) is 0 Å². The molecule has 1 saturated heterocycles. The fraction of sp³-hybridized carbons (Fsp3) is 0.222. The minimum absolute atomic E-state index is 0.159. The Kier molecular flexibility index (Phi) is 5.73. The number of halogens is 1. The lowest BCUT2D eigenvalue weighted by Crippen LogP contribution is -2.38. The second kappa shape index (κ2) is 8.97. The van der Waals surface area contributed by atoms with Gasteiger partial charge in [0.1, 0.15) is 18.2 Å². The highest BCUT2D eigenvalue weighted by atomic mass is 19.1. The highest BCUT2D eigenvalue weighted by Gasteiger charge is 2.31. The largest absolute Gasteiger partial charge is 0.489 e. The fourth-order valence-corrected chi connectivity index (χ4v) is 4.44. The molecule has 2 heterocycles. The summed E-state index contributed by atoms with van der Waals surface area (Å²) < 4.78 is 26.4. The molecule has 4 nitrogen and oxygen atoms in total. The summed E-state index contributed by atoms with van der Waals surface area (Å²) in [5.41, 5.74) is 3.72.